The van der Waals surface area contributed by atoms with Crippen molar-refractivity contribution in [1.29, 1.82) is 0 Å². The summed E-state index contributed by atoms with van der Waals surface area (Å²) in [4.78, 5) is 13.5. The summed E-state index contributed by atoms with van der Waals surface area (Å²) in [6.45, 7) is 1.62. The zero-order valence-electron chi connectivity index (χ0n) is 15.6. The van der Waals surface area contributed by atoms with E-state index < -0.39 is 9.84 Å². The molecule has 1 aliphatic rings. The number of hydrogen-bond donors (Lipinski definition) is 0. The molecule has 1 aromatic heterocycles. The van der Waals surface area contributed by atoms with E-state index in [1.54, 1.807) is 19.1 Å². The number of rotatable bonds is 7. The van der Waals surface area contributed by atoms with Crippen LogP contribution in [-0.2, 0) is 16.3 Å². The van der Waals surface area contributed by atoms with Crippen LogP contribution in [0.5, 0.6) is 0 Å². The molecule has 0 aliphatic heterocycles. The summed E-state index contributed by atoms with van der Waals surface area (Å²) in [5, 5.41) is 3.82. The Kier molecular flexibility index (Phi) is 4.89. The summed E-state index contributed by atoms with van der Waals surface area (Å²) in [6.07, 6.45) is 3.94. The Labute approximate surface area is 164 Å². The van der Waals surface area contributed by atoms with E-state index in [9.17, 15) is 13.2 Å². The molecule has 0 saturated heterocycles. The van der Waals surface area contributed by atoms with E-state index >= 15 is 0 Å². The molecule has 0 amide bonds. The van der Waals surface area contributed by atoms with Crippen molar-refractivity contribution in [2.24, 2.45) is 0 Å². The average molecular weight is 395 g/mol. The SMILES string of the molecule is CCS(=O)(=O)c1ccc(C(=O)c2cnoc2C2CC2)c(Cc2ccccc2)c1. The Bertz CT molecular complexity index is 1110. The predicted octanol–water partition coefficient (Wildman–Crippen LogP) is 4.17. The average Bonchev–Trinajstić information content (AvgIpc) is 3.44. The first-order valence-electron chi connectivity index (χ1n) is 9.38. The Morgan fingerprint density at radius 1 is 1.11 bits per heavy atom. The molecule has 1 aliphatic carbocycles. The van der Waals surface area contributed by atoms with Crippen molar-refractivity contribution >= 4 is 15.6 Å². The molecule has 0 spiro atoms. The Hall–Kier alpha value is -2.73. The fraction of sp³-hybridized carbons (Fsp3) is 0.273. The van der Waals surface area contributed by atoms with Crippen molar-refractivity contribution in [1.82, 2.24) is 5.16 Å². The first kappa shape index (κ1) is 18.6. The van der Waals surface area contributed by atoms with Crippen molar-refractivity contribution in [3.8, 4) is 0 Å². The minimum Gasteiger partial charge on any atom is -0.360 e. The summed E-state index contributed by atoms with van der Waals surface area (Å²) < 4.78 is 30.0. The lowest BCUT2D eigenvalue weighted by atomic mass is 9.94. The lowest BCUT2D eigenvalue weighted by Gasteiger charge is -2.12. The van der Waals surface area contributed by atoms with Crippen LogP contribution in [-0.4, -0.2) is 25.1 Å². The quantitative estimate of drug-likeness (QED) is 0.561. The topological polar surface area (TPSA) is 77.2 Å². The second kappa shape index (κ2) is 7.36. The normalized spacial score (nSPS) is 14.2. The number of carbonyl (C=O) groups is 1. The Morgan fingerprint density at radius 2 is 1.86 bits per heavy atom. The van der Waals surface area contributed by atoms with Gasteiger partial charge in [0.05, 0.1) is 22.4 Å². The highest BCUT2D eigenvalue weighted by molar-refractivity contribution is 7.91. The van der Waals surface area contributed by atoms with Gasteiger partial charge in [-0.1, -0.05) is 42.4 Å². The van der Waals surface area contributed by atoms with Crippen molar-refractivity contribution in [3.63, 3.8) is 0 Å². The van der Waals surface area contributed by atoms with Crippen LogP contribution in [0.4, 0.5) is 0 Å². The van der Waals surface area contributed by atoms with Gasteiger partial charge in [0.1, 0.15) is 0 Å². The molecule has 1 saturated carbocycles. The zero-order valence-corrected chi connectivity index (χ0v) is 16.4. The number of sulfone groups is 1. The lowest BCUT2D eigenvalue weighted by Crippen LogP contribution is -2.10. The van der Waals surface area contributed by atoms with Gasteiger partial charge in [-0.15, -0.1) is 0 Å². The van der Waals surface area contributed by atoms with Gasteiger partial charge in [-0.3, -0.25) is 4.79 Å². The van der Waals surface area contributed by atoms with E-state index in [1.165, 1.54) is 12.3 Å². The van der Waals surface area contributed by atoms with E-state index in [4.69, 9.17) is 4.52 Å². The third-order valence-electron chi connectivity index (χ3n) is 5.09. The standard InChI is InChI=1S/C22H21NO4S/c1-2-28(25,26)18-10-11-19(17(13-18)12-15-6-4-3-5-7-15)21(24)20-14-23-27-22(20)16-8-9-16/h3-7,10-11,13-14,16H,2,8-9,12H2,1H3. The molecule has 5 nitrogen and oxygen atoms in total. The molecule has 1 heterocycles. The van der Waals surface area contributed by atoms with E-state index in [0.29, 0.717) is 28.9 Å². The molecule has 0 atom stereocenters. The molecular formula is C22H21NO4S. The third kappa shape index (κ3) is 3.64. The second-order valence-corrected chi connectivity index (χ2v) is 9.37. The molecule has 6 heteroatoms. The van der Waals surface area contributed by atoms with Crippen LogP contribution in [0.2, 0.25) is 0 Å². The predicted molar refractivity (Wildman–Crippen MR) is 105 cm³/mol. The van der Waals surface area contributed by atoms with Crippen molar-refractivity contribution < 1.29 is 17.7 Å². The van der Waals surface area contributed by atoms with E-state index in [0.717, 1.165) is 18.4 Å². The van der Waals surface area contributed by atoms with Crippen LogP contribution < -0.4 is 0 Å². The molecule has 0 unspecified atom stereocenters. The summed E-state index contributed by atoms with van der Waals surface area (Å²) in [6, 6.07) is 14.5. The maximum absolute atomic E-state index is 13.3. The Balaban J connectivity index is 1.79. The molecule has 28 heavy (non-hydrogen) atoms. The number of aromatic nitrogens is 1. The van der Waals surface area contributed by atoms with Gasteiger partial charge in [0.2, 0.25) is 0 Å². The highest BCUT2D eigenvalue weighted by Crippen LogP contribution is 2.42. The van der Waals surface area contributed by atoms with Gasteiger partial charge < -0.3 is 4.52 Å². The Morgan fingerprint density at radius 3 is 2.54 bits per heavy atom. The van der Waals surface area contributed by atoms with E-state index in [2.05, 4.69) is 5.16 Å². The molecule has 2 aromatic carbocycles. The monoisotopic (exact) mass is 395 g/mol. The van der Waals surface area contributed by atoms with Gasteiger partial charge in [0.15, 0.2) is 21.4 Å². The van der Waals surface area contributed by atoms with Crippen molar-refractivity contribution in [3.05, 3.63) is 82.7 Å². The van der Waals surface area contributed by atoms with Crippen LogP contribution in [0, 0.1) is 0 Å². The summed E-state index contributed by atoms with van der Waals surface area (Å²) in [7, 11) is -3.36. The largest absolute Gasteiger partial charge is 0.360 e. The summed E-state index contributed by atoms with van der Waals surface area (Å²) >= 11 is 0. The van der Waals surface area contributed by atoms with Gasteiger partial charge in [0, 0.05) is 11.5 Å². The molecule has 3 aromatic rings. The van der Waals surface area contributed by atoms with Crippen LogP contribution >= 0.6 is 0 Å². The minimum atomic E-state index is -3.36. The van der Waals surface area contributed by atoms with Gasteiger partial charge in [-0.2, -0.15) is 0 Å². The molecular weight excluding hydrogens is 374 g/mol. The molecule has 4 rings (SSSR count). The second-order valence-electron chi connectivity index (χ2n) is 7.09. The molecule has 0 radical (unpaired) electrons. The lowest BCUT2D eigenvalue weighted by molar-refractivity contribution is 0.103. The van der Waals surface area contributed by atoms with Crippen LogP contribution in [0.15, 0.2) is 64.1 Å². The van der Waals surface area contributed by atoms with Gasteiger partial charge in [-0.25, -0.2) is 8.42 Å². The highest BCUT2D eigenvalue weighted by atomic mass is 32.2. The van der Waals surface area contributed by atoms with E-state index in [1.807, 2.05) is 30.3 Å². The number of benzene rings is 2. The molecule has 0 bridgehead atoms. The van der Waals surface area contributed by atoms with Gasteiger partial charge in [-0.05, 0) is 48.6 Å². The summed E-state index contributed by atoms with van der Waals surface area (Å²) in [5.41, 5.74) is 2.66. The minimum absolute atomic E-state index is 0.0164. The zero-order chi connectivity index (χ0) is 19.7. The van der Waals surface area contributed by atoms with Crippen LogP contribution in [0.1, 0.15) is 58.5 Å². The highest BCUT2D eigenvalue weighted by Gasteiger charge is 2.33. The maximum Gasteiger partial charge on any atom is 0.198 e. The van der Waals surface area contributed by atoms with Gasteiger partial charge in [0.25, 0.3) is 0 Å². The first-order chi connectivity index (χ1) is 13.5. The molecule has 144 valence electrons. The van der Waals surface area contributed by atoms with E-state index in [-0.39, 0.29) is 22.3 Å². The number of hydrogen-bond acceptors (Lipinski definition) is 5. The van der Waals surface area contributed by atoms with Crippen molar-refractivity contribution in [2.75, 3.05) is 5.75 Å². The van der Waals surface area contributed by atoms with Crippen LogP contribution in [0.3, 0.4) is 0 Å². The maximum atomic E-state index is 13.3. The molecule has 1 fully saturated rings. The van der Waals surface area contributed by atoms with Crippen molar-refractivity contribution in [2.45, 2.75) is 37.0 Å². The summed E-state index contributed by atoms with van der Waals surface area (Å²) in [5.74, 6) is 0.747. The molecule has 0 N–H and O–H groups in total. The number of ketones is 1. The number of nitrogens with zero attached hydrogens (tertiary/aromatic N) is 1. The first-order valence-corrected chi connectivity index (χ1v) is 11.0. The smallest absolute Gasteiger partial charge is 0.198 e. The fourth-order valence-corrected chi connectivity index (χ4v) is 4.25. The van der Waals surface area contributed by atoms with Gasteiger partial charge >= 0.3 is 0 Å². The third-order valence-corrected chi connectivity index (χ3v) is 6.82. The fourth-order valence-electron chi connectivity index (χ4n) is 3.32. The number of carbonyl (C=O) groups excluding carboxylic acids is 1. The van der Waals surface area contributed by atoms with Crippen LogP contribution in [0.25, 0.3) is 0 Å².